The number of alkyl halides is 1. The SMILES string of the molecule is Cc1ccc(-c2noc(CF)n2)cc1NC(=O)c1cnc2ccccn12. The van der Waals surface area contributed by atoms with Crippen molar-refractivity contribution >= 4 is 17.2 Å². The Labute approximate surface area is 147 Å². The minimum absolute atomic E-state index is 0.0862. The van der Waals surface area contributed by atoms with Crippen LogP contribution < -0.4 is 5.32 Å². The highest BCUT2D eigenvalue weighted by molar-refractivity contribution is 6.04. The van der Waals surface area contributed by atoms with E-state index < -0.39 is 6.67 Å². The predicted octanol–water partition coefficient (Wildman–Crippen LogP) is 3.41. The first kappa shape index (κ1) is 15.9. The molecule has 4 aromatic rings. The number of benzene rings is 1. The maximum atomic E-state index is 12.7. The number of rotatable bonds is 4. The molecule has 0 aliphatic rings. The molecule has 0 saturated carbocycles. The molecule has 0 bridgehead atoms. The number of pyridine rings is 1. The van der Waals surface area contributed by atoms with Gasteiger partial charge in [0.15, 0.2) is 6.67 Å². The van der Waals surface area contributed by atoms with Gasteiger partial charge < -0.3 is 9.84 Å². The molecule has 26 heavy (non-hydrogen) atoms. The van der Waals surface area contributed by atoms with Gasteiger partial charge in [0.25, 0.3) is 11.8 Å². The molecular weight excluding hydrogens is 337 g/mol. The molecule has 0 spiro atoms. The van der Waals surface area contributed by atoms with Crippen molar-refractivity contribution in [3.05, 3.63) is 65.9 Å². The molecule has 0 aliphatic carbocycles. The van der Waals surface area contributed by atoms with Gasteiger partial charge in [-0.1, -0.05) is 23.4 Å². The fourth-order valence-electron chi connectivity index (χ4n) is 2.61. The Hall–Kier alpha value is -3.55. The molecule has 130 valence electrons. The summed E-state index contributed by atoms with van der Waals surface area (Å²) < 4.78 is 19.1. The Morgan fingerprint density at radius 2 is 2.19 bits per heavy atom. The molecule has 0 saturated heterocycles. The maximum absolute atomic E-state index is 12.7. The number of imidazole rings is 1. The molecule has 8 heteroatoms. The number of hydrogen-bond donors (Lipinski definition) is 1. The third-order valence-electron chi connectivity index (χ3n) is 3.98. The second-order valence-electron chi connectivity index (χ2n) is 5.70. The molecule has 7 nitrogen and oxygen atoms in total. The molecule has 3 heterocycles. The minimum Gasteiger partial charge on any atom is -0.336 e. The average molecular weight is 351 g/mol. The zero-order valence-electron chi connectivity index (χ0n) is 13.8. The van der Waals surface area contributed by atoms with Crippen LogP contribution in [0.1, 0.15) is 21.9 Å². The lowest BCUT2D eigenvalue weighted by Gasteiger charge is -2.09. The van der Waals surface area contributed by atoms with E-state index in [0.717, 1.165) is 5.56 Å². The Balaban J connectivity index is 1.65. The maximum Gasteiger partial charge on any atom is 0.274 e. The number of aryl methyl sites for hydroxylation is 1. The van der Waals surface area contributed by atoms with Crippen LogP contribution in [0, 0.1) is 6.92 Å². The second-order valence-corrected chi connectivity index (χ2v) is 5.70. The van der Waals surface area contributed by atoms with Crippen molar-refractivity contribution < 1.29 is 13.7 Å². The van der Waals surface area contributed by atoms with Gasteiger partial charge in [-0.3, -0.25) is 9.20 Å². The Kier molecular flexibility index (Phi) is 3.92. The molecule has 0 aliphatic heterocycles. The first-order chi connectivity index (χ1) is 12.7. The van der Waals surface area contributed by atoms with E-state index in [-0.39, 0.29) is 17.6 Å². The molecule has 0 unspecified atom stereocenters. The smallest absolute Gasteiger partial charge is 0.274 e. The lowest BCUT2D eigenvalue weighted by molar-refractivity contribution is 0.102. The number of nitrogens with one attached hydrogen (secondary N) is 1. The van der Waals surface area contributed by atoms with E-state index >= 15 is 0 Å². The third kappa shape index (κ3) is 2.81. The first-order valence-electron chi connectivity index (χ1n) is 7.89. The quantitative estimate of drug-likeness (QED) is 0.609. The Bertz CT molecular complexity index is 1100. The molecule has 1 N–H and O–H groups in total. The van der Waals surface area contributed by atoms with E-state index in [9.17, 15) is 9.18 Å². The van der Waals surface area contributed by atoms with Gasteiger partial charge in [-0.15, -0.1) is 0 Å². The van der Waals surface area contributed by atoms with Crippen molar-refractivity contribution in [2.45, 2.75) is 13.6 Å². The van der Waals surface area contributed by atoms with Gasteiger partial charge in [0.1, 0.15) is 11.3 Å². The highest BCUT2D eigenvalue weighted by Crippen LogP contribution is 2.24. The Morgan fingerprint density at radius 3 is 3.00 bits per heavy atom. The number of nitrogens with zero attached hydrogens (tertiary/aromatic N) is 4. The molecular formula is C18H14FN5O2. The van der Waals surface area contributed by atoms with Crippen LogP contribution in [-0.2, 0) is 6.67 Å². The highest BCUT2D eigenvalue weighted by atomic mass is 19.1. The molecule has 0 fully saturated rings. The van der Waals surface area contributed by atoms with Crippen LogP contribution in [0.15, 0.2) is 53.3 Å². The van der Waals surface area contributed by atoms with Crippen molar-refractivity contribution in [1.82, 2.24) is 19.5 Å². The molecule has 1 aromatic carbocycles. The van der Waals surface area contributed by atoms with E-state index in [1.807, 2.05) is 31.2 Å². The summed E-state index contributed by atoms with van der Waals surface area (Å²) in [6, 6.07) is 10.8. The van der Waals surface area contributed by atoms with Crippen LogP contribution in [-0.4, -0.2) is 25.4 Å². The molecule has 0 atom stereocenters. The lowest BCUT2D eigenvalue weighted by Crippen LogP contribution is -2.15. The lowest BCUT2D eigenvalue weighted by atomic mass is 10.1. The van der Waals surface area contributed by atoms with Crippen LogP contribution >= 0.6 is 0 Å². The summed E-state index contributed by atoms with van der Waals surface area (Å²) in [4.78, 5) is 20.8. The predicted molar refractivity (Wildman–Crippen MR) is 92.4 cm³/mol. The zero-order valence-corrected chi connectivity index (χ0v) is 13.8. The van der Waals surface area contributed by atoms with E-state index in [2.05, 4.69) is 20.4 Å². The average Bonchev–Trinajstić information content (AvgIpc) is 3.30. The topological polar surface area (TPSA) is 85.3 Å². The van der Waals surface area contributed by atoms with E-state index in [0.29, 0.717) is 22.6 Å². The van der Waals surface area contributed by atoms with Gasteiger partial charge in [-0.2, -0.15) is 4.98 Å². The minimum atomic E-state index is -0.823. The van der Waals surface area contributed by atoms with E-state index in [1.165, 1.54) is 6.20 Å². The summed E-state index contributed by atoms with van der Waals surface area (Å²) in [7, 11) is 0. The van der Waals surface area contributed by atoms with Crippen LogP contribution in [0.2, 0.25) is 0 Å². The molecule has 0 radical (unpaired) electrons. The standard InChI is InChI=1S/C18H14FN5O2/c1-11-5-6-12(17-22-16(9-19)26-23-17)8-13(11)21-18(25)14-10-20-15-4-2-3-7-24(14)15/h2-8,10H,9H2,1H3,(H,21,25). The van der Waals surface area contributed by atoms with Crippen LogP contribution in [0.3, 0.4) is 0 Å². The van der Waals surface area contributed by atoms with Gasteiger partial charge >= 0.3 is 0 Å². The Morgan fingerprint density at radius 1 is 1.31 bits per heavy atom. The fraction of sp³-hybridized carbons (Fsp3) is 0.111. The van der Waals surface area contributed by atoms with Crippen molar-refractivity contribution in [2.75, 3.05) is 5.32 Å². The molecule has 3 aromatic heterocycles. The van der Waals surface area contributed by atoms with Gasteiger partial charge in [0.2, 0.25) is 5.82 Å². The van der Waals surface area contributed by atoms with E-state index in [4.69, 9.17) is 4.52 Å². The normalized spacial score (nSPS) is 11.0. The number of amides is 1. The van der Waals surface area contributed by atoms with Crippen molar-refractivity contribution in [3.8, 4) is 11.4 Å². The number of anilines is 1. The highest BCUT2D eigenvalue weighted by Gasteiger charge is 2.15. The number of hydrogen-bond acceptors (Lipinski definition) is 5. The first-order valence-corrected chi connectivity index (χ1v) is 7.89. The summed E-state index contributed by atoms with van der Waals surface area (Å²) >= 11 is 0. The van der Waals surface area contributed by atoms with Crippen molar-refractivity contribution in [3.63, 3.8) is 0 Å². The number of halogens is 1. The van der Waals surface area contributed by atoms with Crippen molar-refractivity contribution in [1.29, 1.82) is 0 Å². The number of carbonyl (C=O) groups excluding carboxylic acids is 1. The summed E-state index contributed by atoms with van der Waals surface area (Å²) in [5, 5.41) is 6.62. The molecule has 4 rings (SSSR count). The summed E-state index contributed by atoms with van der Waals surface area (Å²) in [5.74, 6) is -0.110. The van der Waals surface area contributed by atoms with Gasteiger partial charge in [0, 0.05) is 17.4 Å². The van der Waals surface area contributed by atoms with Gasteiger partial charge in [-0.05, 0) is 30.7 Å². The number of aromatic nitrogens is 4. The second kappa shape index (κ2) is 6.40. The summed E-state index contributed by atoms with van der Waals surface area (Å²) in [6.45, 7) is 1.05. The largest absolute Gasteiger partial charge is 0.336 e. The van der Waals surface area contributed by atoms with Gasteiger partial charge in [0.05, 0.1) is 6.20 Å². The van der Waals surface area contributed by atoms with Crippen LogP contribution in [0.5, 0.6) is 0 Å². The monoisotopic (exact) mass is 351 g/mol. The third-order valence-corrected chi connectivity index (χ3v) is 3.98. The number of fused-ring (bicyclic) bond motifs is 1. The van der Waals surface area contributed by atoms with Crippen LogP contribution in [0.25, 0.3) is 17.0 Å². The van der Waals surface area contributed by atoms with Crippen molar-refractivity contribution in [2.24, 2.45) is 0 Å². The number of carbonyl (C=O) groups is 1. The van der Waals surface area contributed by atoms with E-state index in [1.54, 1.807) is 22.7 Å². The summed E-state index contributed by atoms with van der Waals surface area (Å²) in [6.07, 6.45) is 3.30. The zero-order chi connectivity index (χ0) is 18.1. The van der Waals surface area contributed by atoms with Gasteiger partial charge in [-0.25, -0.2) is 9.37 Å². The summed E-state index contributed by atoms with van der Waals surface area (Å²) in [5.41, 5.74) is 3.20. The fourth-order valence-corrected chi connectivity index (χ4v) is 2.61. The molecule has 1 amide bonds. The van der Waals surface area contributed by atoms with Crippen LogP contribution in [0.4, 0.5) is 10.1 Å².